The van der Waals surface area contributed by atoms with Gasteiger partial charge in [0.2, 0.25) is 0 Å². The van der Waals surface area contributed by atoms with Crippen molar-refractivity contribution in [2.24, 2.45) is 0 Å². The van der Waals surface area contributed by atoms with E-state index in [1.807, 2.05) is 12.1 Å². The summed E-state index contributed by atoms with van der Waals surface area (Å²) in [7, 11) is 0. The highest BCUT2D eigenvalue weighted by atomic mass is 15.3. The van der Waals surface area contributed by atoms with Crippen LogP contribution in [0.3, 0.4) is 0 Å². The van der Waals surface area contributed by atoms with Crippen LogP contribution in [0.15, 0.2) is 30.0 Å². The number of hydrogen-bond acceptors (Lipinski definition) is 4. The lowest BCUT2D eigenvalue weighted by atomic mass is 10.2. The van der Waals surface area contributed by atoms with E-state index in [0.29, 0.717) is 6.04 Å². The van der Waals surface area contributed by atoms with E-state index >= 15 is 0 Å². The molecule has 18 heavy (non-hydrogen) atoms. The molecule has 1 aliphatic rings. The van der Waals surface area contributed by atoms with Crippen LogP contribution in [0.5, 0.6) is 0 Å². The fourth-order valence-electron chi connectivity index (χ4n) is 2.32. The first-order valence-corrected chi connectivity index (χ1v) is 6.66. The van der Waals surface area contributed by atoms with Gasteiger partial charge in [-0.15, -0.1) is 5.10 Å². The minimum atomic E-state index is 0.548. The summed E-state index contributed by atoms with van der Waals surface area (Å²) in [6, 6.07) is 4.54. The number of hydrogen-bond donors (Lipinski definition) is 1. The van der Waals surface area contributed by atoms with Crippen molar-refractivity contribution < 1.29 is 0 Å². The van der Waals surface area contributed by atoms with Crippen LogP contribution in [-0.4, -0.2) is 35.9 Å². The summed E-state index contributed by atoms with van der Waals surface area (Å²) < 4.78 is 0. The van der Waals surface area contributed by atoms with Gasteiger partial charge in [0, 0.05) is 31.9 Å². The lowest BCUT2D eigenvalue weighted by molar-refractivity contribution is 0.592. The van der Waals surface area contributed by atoms with Crippen LogP contribution in [-0.2, 0) is 0 Å². The molecule has 0 bridgehead atoms. The summed E-state index contributed by atoms with van der Waals surface area (Å²) in [5, 5.41) is 11.7. The quantitative estimate of drug-likeness (QED) is 0.637. The van der Waals surface area contributed by atoms with Gasteiger partial charge in [-0.25, -0.2) is 0 Å². The van der Waals surface area contributed by atoms with Gasteiger partial charge in [0.1, 0.15) is 0 Å². The van der Waals surface area contributed by atoms with E-state index in [1.54, 1.807) is 6.20 Å². The molecule has 1 atom stereocenters. The molecule has 4 nitrogen and oxygen atoms in total. The third-order valence-electron chi connectivity index (χ3n) is 3.26. The predicted octanol–water partition coefficient (Wildman–Crippen LogP) is 2.00. The molecule has 0 aromatic carbocycles. The van der Waals surface area contributed by atoms with Crippen molar-refractivity contribution in [2.45, 2.75) is 32.7 Å². The van der Waals surface area contributed by atoms with Gasteiger partial charge >= 0.3 is 0 Å². The smallest absolute Gasteiger partial charge is 0.151 e. The molecular weight excluding hydrogens is 224 g/mol. The highest BCUT2D eigenvalue weighted by Gasteiger charge is 2.24. The van der Waals surface area contributed by atoms with Gasteiger partial charge in [-0.05, 0) is 38.8 Å². The molecule has 1 aromatic rings. The van der Waals surface area contributed by atoms with Crippen LogP contribution in [0.25, 0.3) is 0 Å². The largest absolute Gasteiger partial charge is 0.351 e. The summed E-state index contributed by atoms with van der Waals surface area (Å²) in [6.07, 6.45) is 6.42. The van der Waals surface area contributed by atoms with Crippen LogP contribution in [0.1, 0.15) is 26.7 Å². The minimum absolute atomic E-state index is 0.548. The summed E-state index contributed by atoms with van der Waals surface area (Å²) in [6.45, 7) is 7.31. The maximum atomic E-state index is 4.20. The Morgan fingerprint density at radius 2 is 2.44 bits per heavy atom. The molecule has 0 saturated carbocycles. The molecule has 1 N–H and O–H groups in total. The Morgan fingerprint density at radius 1 is 1.56 bits per heavy atom. The number of allylic oxidation sites excluding steroid dienone is 1. The molecule has 2 heterocycles. The van der Waals surface area contributed by atoms with Gasteiger partial charge in [0.15, 0.2) is 5.82 Å². The van der Waals surface area contributed by atoms with Gasteiger partial charge in [-0.1, -0.05) is 11.6 Å². The van der Waals surface area contributed by atoms with Crippen LogP contribution >= 0.6 is 0 Å². The van der Waals surface area contributed by atoms with E-state index in [4.69, 9.17) is 0 Å². The van der Waals surface area contributed by atoms with Crippen LogP contribution in [0, 0.1) is 0 Å². The molecule has 0 aliphatic carbocycles. The molecule has 1 unspecified atom stereocenters. The first-order valence-electron chi connectivity index (χ1n) is 6.66. The second-order valence-electron chi connectivity index (χ2n) is 5.01. The Kier molecular flexibility index (Phi) is 4.70. The van der Waals surface area contributed by atoms with Crippen molar-refractivity contribution in [3.63, 3.8) is 0 Å². The number of nitrogens with one attached hydrogen (secondary N) is 1. The molecule has 4 heteroatoms. The monoisotopic (exact) mass is 246 g/mol. The Hall–Kier alpha value is -1.42. The van der Waals surface area contributed by atoms with Crippen molar-refractivity contribution >= 4 is 5.82 Å². The van der Waals surface area contributed by atoms with E-state index in [-0.39, 0.29) is 0 Å². The van der Waals surface area contributed by atoms with E-state index in [9.17, 15) is 0 Å². The maximum absolute atomic E-state index is 4.20. The van der Waals surface area contributed by atoms with Gasteiger partial charge in [0.25, 0.3) is 0 Å². The molecule has 0 radical (unpaired) electrons. The van der Waals surface area contributed by atoms with E-state index in [1.165, 1.54) is 18.4 Å². The predicted molar refractivity (Wildman–Crippen MR) is 74.7 cm³/mol. The van der Waals surface area contributed by atoms with E-state index in [2.05, 4.69) is 40.3 Å². The summed E-state index contributed by atoms with van der Waals surface area (Å²) in [5.74, 6) is 1.00. The zero-order valence-corrected chi connectivity index (χ0v) is 11.3. The van der Waals surface area contributed by atoms with Crippen LogP contribution in [0.2, 0.25) is 0 Å². The highest BCUT2D eigenvalue weighted by Crippen LogP contribution is 2.22. The van der Waals surface area contributed by atoms with E-state index < -0.39 is 0 Å². The lowest BCUT2D eigenvalue weighted by Gasteiger charge is -2.25. The average molecular weight is 246 g/mol. The average Bonchev–Trinajstić information content (AvgIpc) is 2.84. The Balaban J connectivity index is 1.86. The highest BCUT2D eigenvalue weighted by molar-refractivity contribution is 5.39. The molecule has 1 saturated heterocycles. The zero-order chi connectivity index (χ0) is 12.8. The van der Waals surface area contributed by atoms with Crippen molar-refractivity contribution in [1.29, 1.82) is 0 Å². The zero-order valence-electron chi connectivity index (χ0n) is 11.3. The first-order chi connectivity index (χ1) is 8.77. The summed E-state index contributed by atoms with van der Waals surface area (Å²) >= 11 is 0. The molecule has 1 aliphatic heterocycles. The Labute approximate surface area is 109 Å². The van der Waals surface area contributed by atoms with Crippen LogP contribution in [0.4, 0.5) is 5.82 Å². The molecule has 1 fully saturated rings. The maximum Gasteiger partial charge on any atom is 0.151 e. The van der Waals surface area contributed by atoms with Crippen molar-refractivity contribution in [3.8, 4) is 0 Å². The van der Waals surface area contributed by atoms with Crippen LogP contribution < -0.4 is 10.2 Å². The molecule has 98 valence electrons. The standard InChI is InChI=1S/C14H22N4/c1-12(2)7-9-15-11-13-5-4-10-18(13)14-6-3-8-16-17-14/h3,6-8,13,15H,4-5,9-11H2,1-2H3. The second-order valence-corrected chi connectivity index (χ2v) is 5.01. The van der Waals surface area contributed by atoms with Gasteiger partial charge in [0.05, 0.1) is 0 Å². The Morgan fingerprint density at radius 3 is 3.17 bits per heavy atom. The Bertz CT molecular complexity index is 384. The fraction of sp³-hybridized carbons (Fsp3) is 0.571. The first kappa shape index (κ1) is 13.0. The fourth-order valence-corrected chi connectivity index (χ4v) is 2.32. The molecule has 2 rings (SSSR count). The molecular formula is C14H22N4. The van der Waals surface area contributed by atoms with Gasteiger partial charge < -0.3 is 10.2 Å². The number of aromatic nitrogens is 2. The second kappa shape index (κ2) is 6.50. The topological polar surface area (TPSA) is 41.0 Å². The number of rotatable bonds is 5. The van der Waals surface area contributed by atoms with Crippen molar-refractivity contribution in [1.82, 2.24) is 15.5 Å². The number of nitrogens with zero attached hydrogens (tertiary/aromatic N) is 3. The number of anilines is 1. The van der Waals surface area contributed by atoms with Crippen molar-refractivity contribution in [2.75, 3.05) is 24.5 Å². The SMILES string of the molecule is CC(C)=CCNCC1CCCN1c1cccnn1. The van der Waals surface area contributed by atoms with Gasteiger partial charge in [-0.3, -0.25) is 0 Å². The molecule has 0 amide bonds. The lowest BCUT2D eigenvalue weighted by Crippen LogP contribution is -2.38. The summed E-state index contributed by atoms with van der Waals surface area (Å²) in [5.41, 5.74) is 1.36. The molecule has 0 spiro atoms. The molecule has 1 aromatic heterocycles. The normalized spacial score (nSPS) is 19.0. The third-order valence-corrected chi connectivity index (χ3v) is 3.26. The minimum Gasteiger partial charge on any atom is -0.351 e. The van der Waals surface area contributed by atoms with Gasteiger partial charge in [-0.2, -0.15) is 5.10 Å². The van der Waals surface area contributed by atoms with E-state index in [0.717, 1.165) is 25.5 Å². The third kappa shape index (κ3) is 3.53. The summed E-state index contributed by atoms with van der Waals surface area (Å²) in [4.78, 5) is 2.36. The van der Waals surface area contributed by atoms with Crippen molar-refractivity contribution in [3.05, 3.63) is 30.0 Å².